The van der Waals surface area contributed by atoms with Gasteiger partial charge in [-0.05, 0) is 0 Å². The fourth-order valence-electron chi connectivity index (χ4n) is 0.321. The molecular weight excluding hydrogens is 287 g/mol. The zero-order chi connectivity index (χ0) is 12.7. The maximum Gasteiger partial charge on any atom is 0 e. The summed E-state index contributed by atoms with van der Waals surface area (Å²) >= 11 is 0. The van der Waals surface area contributed by atoms with E-state index in [1.165, 1.54) is 0 Å². The fraction of sp³-hybridized carbons (Fsp3) is 0.400. The molecule has 0 aliphatic carbocycles. The molecule has 0 aromatic heterocycles. The summed E-state index contributed by atoms with van der Waals surface area (Å²) in [6.07, 6.45) is 6.56. The van der Waals surface area contributed by atoms with Crippen molar-refractivity contribution in [2.75, 3.05) is 25.0 Å². The molecule has 0 heterocycles. The van der Waals surface area contributed by atoms with E-state index in [0.29, 0.717) is 0 Å². The molecule has 16 heavy (non-hydrogen) atoms. The standard InChI is InChI=1S/C5H5.2C2H6OS.CO.Mn/c1-2-4-5-3-1;2*1-4(2)3;1-2;/h1-5H;2*1-2H3;;/q-1;;;;. The van der Waals surface area contributed by atoms with Gasteiger partial charge in [-0.25, -0.2) is 12.1 Å². The molecule has 95 valence electrons. The average molecular weight is 304 g/mol. The number of hydrogen-bond acceptors (Lipinski definition) is 2. The van der Waals surface area contributed by atoms with Gasteiger partial charge in [0.25, 0.3) is 0 Å². The van der Waals surface area contributed by atoms with Crippen LogP contribution >= 0.6 is 0 Å². The first-order valence-corrected chi connectivity index (χ1v) is 7.77. The van der Waals surface area contributed by atoms with Crippen molar-refractivity contribution in [2.24, 2.45) is 0 Å². The summed E-state index contributed by atoms with van der Waals surface area (Å²) in [7, 11) is -1.22. The van der Waals surface area contributed by atoms with Gasteiger partial charge < -0.3 is 0 Å². The molecular formula is C10H17MnO3S2-. The Morgan fingerprint density at radius 2 is 1.12 bits per heavy atom. The average Bonchev–Trinajstić information content (AvgIpc) is 2.61. The molecule has 0 saturated carbocycles. The molecule has 3 nitrogen and oxygen atoms in total. The molecule has 0 N–H and O–H groups in total. The summed E-state index contributed by atoms with van der Waals surface area (Å²) in [5.41, 5.74) is 0. The molecule has 0 fully saturated rings. The normalized spacial score (nSPS) is 7.00. The minimum absolute atomic E-state index is 0. The van der Waals surface area contributed by atoms with Crippen LogP contribution in [0.1, 0.15) is 0 Å². The minimum Gasteiger partial charge on any atom is -0.214 e. The van der Waals surface area contributed by atoms with Crippen LogP contribution in [-0.2, 0) is 43.3 Å². The summed E-state index contributed by atoms with van der Waals surface area (Å²) in [4.78, 5) is 0. The first-order chi connectivity index (χ1) is 6.96. The molecule has 1 rings (SSSR count). The van der Waals surface area contributed by atoms with Crippen LogP contribution < -0.4 is 0 Å². The molecule has 0 bridgehead atoms. The van der Waals surface area contributed by atoms with Crippen LogP contribution in [0.4, 0.5) is 0 Å². The first-order valence-electron chi connectivity index (χ1n) is 3.84. The van der Waals surface area contributed by atoms with Crippen LogP contribution in [0.15, 0.2) is 30.3 Å². The molecule has 0 aliphatic rings. The second kappa shape index (κ2) is 24.2. The Balaban J connectivity index is -0.0000000616. The van der Waals surface area contributed by atoms with Gasteiger partial charge in [-0.2, -0.15) is 18.2 Å². The maximum absolute atomic E-state index is 9.56. The smallest absolute Gasteiger partial charge is 0 e. The molecule has 6 heteroatoms. The van der Waals surface area contributed by atoms with Crippen LogP contribution in [0.5, 0.6) is 0 Å². The summed E-state index contributed by atoms with van der Waals surface area (Å²) in [6.45, 7) is 4.50. The van der Waals surface area contributed by atoms with Gasteiger partial charge in [0.2, 0.25) is 0 Å². The van der Waals surface area contributed by atoms with Crippen molar-refractivity contribution in [1.82, 2.24) is 0 Å². The van der Waals surface area contributed by atoms with E-state index in [0.717, 1.165) is 0 Å². The van der Waals surface area contributed by atoms with Gasteiger partial charge in [0.1, 0.15) is 0 Å². The van der Waals surface area contributed by atoms with Gasteiger partial charge in [0.05, 0.1) is 0 Å². The first kappa shape index (κ1) is 24.9. The zero-order valence-electron chi connectivity index (χ0n) is 9.81. The van der Waals surface area contributed by atoms with Crippen LogP contribution in [0, 0.1) is 6.65 Å². The van der Waals surface area contributed by atoms with Gasteiger partial charge >= 0.3 is 11.3 Å². The van der Waals surface area contributed by atoms with Gasteiger partial charge in [-0.15, -0.1) is 0 Å². The van der Waals surface area contributed by atoms with Gasteiger partial charge in [0.15, 0.2) is 0 Å². The predicted octanol–water partition coefficient (Wildman–Crippen LogP) is 1.35. The Bertz CT molecular complexity index is 221. The molecule has 1 aromatic carbocycles. The SMILES string of the molecule is CS(C)=O.CS(C)=O.[C-]#[O+].[Mn].c1cc[cH-]c1. The number of hydrogen-bond donors (Lipinski definition) is 0. The molecule has 0 amide bonds. The van der Waals surface area contributed by atoms with Gasteiger partial charge in [0, 0.05) is 63.7 Å². The summed E-state index contributed by atoms with van der Waals surface area (Å²) in [6, 6.07) is 10.0. The Hall–Kier alpha value is -0.0905. The molecule has 0 spiro atoms. The summed E-state index contributed by atoms with van der Waals surface area (Å²) < 4.78 is 26.6. The third-order valence-corrected chi connectivity index (χ3v) is 0.556. The van der Waals surface area contributed by atoms with Crippen molar-refractivity contribution in [3.8, 4) is 0 Å². The second-order valence-corrected chi connectivity index (χ2v) is 5.41. The summed E-state index contributed by atoms with van der Waals surface area (Å²) in [5, 5.41) is 0. The van der Waals surface area contributed by atoms with Gasteiger partial charge in [-0.1, -0.05) is 0 Å². The van der Waals surface area contributed by atoms with E-state index in [2.05, 4.69) is 6.65 Å². The topological polar surface area (TPSA) is 54.0 Å². The van der Waals surface area contributed by atoms with Crippen molar-refractivity contribution in [1.29, 1.82) is 0 Å². The van der Waals surface area contributed by atoms with Crippen LogP contribution in [0.2, 0.25) is 0 Å². The molecule has 0 atom stereocenters. The fourth-order valence-corrected chi connectivity index (χ4v) is 0.321. The Morgan fingerprint density at radius 1 is 0.938 bits per heavy atom. The van der Waals surface area contributed by atoms with E-state index < -0.39 is 21.6 Å². The second-order valence-electron chi connectivity index (χ2n) is 2.45. The Morgan fingerprint density at radius 3 is 1.19 bits per heavy atom. The van der Waals surface area contributed by atoms with E-state index in [-0.39, 0.29) is 17.1 Å². The molecule has 0 aliphatic heterocycles. The van der Waals surface area contributed by atoms with Crippen molar-refractivity contribution in [3.63, 3.8) is 0 Å². The van der Waals surface area contributed by atoms with Crippen molar-refractivity contribution in [3.05, 3.63) is 37.0 Å². The molecule has 0 saturated heterocycles. The van der Waals surface area contributed by atoms with E-state index in [9.17, 15) is 8.42 Å². The third kappa shape index (κ3) is 96.2. The maximum atomic E-state index is 9.56. The Kier molecular flexibility index (Phi) is 37.8. The van der Waals surface area contributed by atoms with Crippen molar-refractivity contribution >= 4 is 21.6 Å². The van der Waals surface area contributed by atoms with E-state index in [4.69, 9.17) is 4.65 Å². The van der Waals surface area contributed by atoms with E-state index >= 15 is 0 Å². The van der Waals surface area contributed by atoms with Gasteiger partial charge in [-0.3, -0.25) is 8.42 Å². The van der Waals surface area contributed by atoms with E-state index in [1.807, 2.05) is 30.3 Å². The van der Waals surface area contributed by atoms with Crippen LogP contribution in [0.3, 0.4) is 0 Å². The molecule has 1 radical (unpaired) electrons. The van der Waals surface area contributed by atoms with Crippen molar-refractivity contribution < 1.29 is 30.1 Å². The van der Waals surface area contributed by atoms with E-state index in [1.54, 1.807) is 25.0 Å². The molecule has 0 unspecified atom stereocenters. The Labute approximate surface area is 113 Å². The van der Waals surface area contributed by atoms with Crippen LogP contribution in [0.25, 0.3) is 0 Å². The summed E-state index contributed by atoms with van der Waals surface area (Å²) in [5.74, 6) is 0. The van der Waals surface area contributed by atoms with Crippen LogP contribution in [-0.4, -0.2) is 33.4 Å². The predicted molar refractivity (Wildman–Crippen MR) is 65.9 cm³/mol. The van der Waals surface area contributed by atoms with Crippen molar-refractivity contribution in [2.45, 2.75) is 0 Å². The quantitative estimate of drug-likeness (QED) is 0.413. The molecule has 1 aromatic rings. The zero-order valence-corrected chi connectivity index (χ0v) is 12.6. The largest absolute Gasteiger partial charge is 0.214 e. The number of rotatable bonds is 0. The minimum atomic E-state index is -0.611. The third-order valence-electron chi connectivity index (χ3n) is 0.556. The monoisotopic (exact) mass is 304 g/mol.